The zero-order valence-electron chi connectivity index (χ0n) is 9.27. The van der Waals surface area contributed by atoms with Crippen molar-refractivity contribution in [3.63, 3.8) is 0 Å². The van der Waals surface area contributed by atoms with Crippen molar-refractivity contribution in [3.05, 3.63) is 0 Å². The van der Waals surface area contributed by atoms with E-state index in [4.69, 9.17) is 0 Å². The predicted molar refractivity (Wildman–Crippen MR) is 53.1 cm³/mol. The van der Waals surface area contributed by atoms with E-state index in [-0.39, 0.29) is 11.3 Å². The first-order chi connectivity index (χ1) is 5.25. The van der Waals surface area contributed by atoms with Crippen LogP contribution in [0.3, 0.4) is 0 Å². The molecule has 0 heterocycles. The maximum atomic E-state index is 11.7. The number of carbonyl (C=O) groups is 1. The van der Waals surface area contributed by atoms with Crippen molar-refractivity contribution in [2.24, 2.45) is 17.3 Å². The number of hydrogen-bond acceptors (Lipinski definition) is 1. The largest absolute Gasteiger partial charge is 0.299 e. The van der Waals surface area contributed by atoms with Gasteiger partial charge in [0.05, 0.1) is 0 Å². The van der Waals surface area contributed by atoms with E-state index in [1.165, 1.54) is 0 Å². The molecule has 0 amide bonds. The van der Waals surface area contributed by atoms with E-state index in [0.717, 1.165) is 6.42 Å². The van der Waals surface area contributed by atoms with Crippen LogP contribution in [-0.4, -0.2) is 5.78 Å². The molecular weight excluding hydrogens is 148 g/mol. The third-order valence-corrected chi connectivity index (χ3v) is 2.01. The summed E-state index contributed by atoms with van der Waals surface area (Å²) in [5, 5.41) is 0. The van der Waals surface area contributed by atoms with Gasteiger partial charge < -0.3 is 0 Å². The van der Waals surface area contributed by atoms with Crippen LogP contribution in [0.25, 0.3) is 0 Å². The standard InChI is InChI=1S/C11H22O/c1-8(2)7-9(3)10(12)11(4,5)6/h8-9H,7H2,1-6H3/t9-/m1/s1. The predicted octanol–water partition coefficient (Wildman–Crippen LogP) is 3.28. The maximum absolute atomic E-state index is 11.7. The molecule has 0 aromatic carbocycles. The van der Waals surface area contributed by atoms with E-state index in [0.29, 0.717) is 11.7 Å². The lowest BCUT2D eigenvalue weighted by atomic mass is 9.81. The van der Waals surface area contributed by atoms with E-state index >= 15 is 0 Å². The van der Waals surface area contributed by atoms with Crippen LogP contribution in [0.1, 0.15) is 48.0 Å². The number of hydrogen-bond donors (Lipinski definition) is 0. The Morgan fingerprint density at radius 2 is 1.58 bits per heavy atom. The molecule has 0 spiro atoms. The molecule has 72 valence electrons. The van der Waals surface area contributed by atoms with Gasteiger partial charge in [0.2, 0.25) is 0 Å². The molecule has 0 unspecified atom stereocenters. The van der Waals surface area contributed by atoms with Gasteiger partial charge in [-0.25, -0.2) is 0 Å². The minimum atomic E-state index is -0.172. The molecule has 0 bridgehead atoms. The SMILES string of the molecule is CC(C)C[C@@H](C)C(=O)C(C)(C)C. The van der Waals surface area contributed by atoms with Gasteiger partial charge in [-0.15, -0.1) is 0 Å². The minimum Gasteiger partial charge on any atom is -0.299 e. The van der Waals surface area contributed by atoms with Crippen LogP contribution in [0.5, 0.6) is 0 Å². The highest BCUT2D eigenvalue weighted by Crippen LogP contribution is 2.23. The zero-order chi connectivity index (χ0) is 9.94. The Bertz CT molecular complexity index is 151. The van der Waals surface area contributed by atoms with Crippen molar-refractivity contribution in [2.45, 2.75) is 48.0 Å². The molecule has 0 aromatic heterocycles. The lowest BCUT2D eigenvalue weighted by Gasteiger charge is -2.22. The second-order valence-electron chi connectivity index (χ2n) is 5.14. The van der Waals surface area contributed by atoms with Gasteiger partial charge in [-0.2, -0.15) is 0 Å². The smallest absolute Gasteiger partial charge is 0.141 e. The summed E-state index contributed by atoms with van der Waals surface area (Å²) >= 11 is 0. The van der Waals surface area contributed by atoms with Crippen molar-refractivity contribution in [1.82, 2.24) is 0 Å². The Kier molecular flexibility index (Phi) is 3.95. The Hall–Kier alpha value is -0.330. The third kappa shape index (κ3) is 3.89. The van der Waals surface area contributed by atoms with E-state index in [1.54, 1.807) is 0 Å². The van der Waals surface area contributed by atoms with Gasteiger partial charge in [0.25, 0.3) is 0 Å². The lowest BCUT2D eigenvalue weighted by molar-refractivity contribution is -0.130. The monoisotopic (exact) mass is 170 g/mol. The van der Waals surface area contributed by atoms with Crippen LogP contribution in [-0.2, 0) is 4.79 Å². The summed E-state index contributed by atoms with van der Waals surface area (Å²) in [6, 6.07) is 0. The Morgan fingerprint density at radius 1 is 1.17 bits per heavy atom. The quantitative estimate of drug-likeness (QED) is 0.635. The second kappa shape index (κ2) is 4.06. The molecule has 0 aromatic rings. The van der Waals surface area contributed by atoms with E-state index in [9.17, 15) is 4.79 Å². The third-order valence-electron chi connectivity index (χ3n) is 2.01. The van der Waals surface area contributed by atoms with Crippen molar-refractivity contribution in [3.8, 4) is 0 Å². The molecule has 1 nitrogen and oxygen atoms in total. The maximum Gasteiger partial charge on any atom is 0.141 e. The Morgan fingerprint density at radius 3 is 1.83 bits per heavy atom. The Labute approximate surface area is 76.6 Å². The van der Waals surface area contributed by atoms with Crippen molar-refractivity contribution in [1.29, 1.82) is 0 Å². The summed E-state index contributed by atoms with van der Waals surface area (Å²) < 4.78 is 0. The molecule has 0 radical (unpaired) electrons. The summed E-state index contributed by atoms with van der Waals surface area (Å²) in [6.07, 6.45) is 1.01. The topological polar surface area (TPSA) is 17.1 Å². The van der Waals surface area contributed by atoms with Gasteiger partial charge in [-0.05, 0) is 12.3 Å². The molecule has 0 saturated heterocycles. The molecule has 0 saturated carbocycles. The van der Waals surface area contributed by atoms with Crippen molar-refractivity contribution in [2.75, 3.05) is 0 Å². The van der Waals surface area contributed by atoms with Gasteiger partial charge >= 0.3 is 0 Å². The molecule has 0 aliphatic carbocycles. The van der Waals surface area contributed by atoms with E-state index in [2.05, 4.69) is 13.8 Å². The molecule has 1 heteroatoms. The molecular formula is C11H22O. The second-order valence-corrected chi connectivity index (χ2v) is 5.14. The molecule has 0 aliphatic rings. The van der Waals surface area contributed by atoms with Crippen LogP contribution < -0.4 is 0 Å². The first-order valence-electron chi connectivity index (χ1n) is 4.79. The lowest BCUT2D eigenvalue weighted by Crippen LogP contribution is -2.27. The molecule has 1 atom stereocenters. The molecule has 12 heavy (non-hydrogen) atoms. The van der Waals surface area contributed by atoms with E-state index < -0.39 is 0 Å². The van der Waals surface area contributed by atoms with Crippen LogP contribution in [0.4, 0.5) is 0 Å². The van der Waals surface area contributed by atoms with Crippen molar-refractivity contribution >= 4 is 5.78 Å². The fraction of sp³-hybridized carbons (Fsp3) is 0.909. The fourth-order valence-corrected chi connectivity index (χ4v) is 1.55. The van der Waals surface area contributed by atoms with Crippen LogP contribution in [0, 0.1) is 17.3 Å². The summed E-state index contributed by atoms with van der Waals surface area (Å²) in [5.74, 6) is 1.22. The summed E-state index contributed by atoms with van der Waals surface area (Å²) in [5.41, 5.74) is -0.172. The highest BCUT2D eigenvalue weighted by Gasteiger charge is 2.26. The normalized spacial score (nSPS) is 14.9. The van der Waals surface area contributed by atoms with E-state index in [1.807, 2.05) is 27.7 Å². The highest BCUT2D eigenvalue weighted by atomic mass is 16.1. The number of rotatable bonds is 3. The van der Waals surface area contributed by atoms with Crippen LogP contribution in [0.15, 0.2) is 0 Å². The Balaban J connectivity index is 4.12. The summed E-state index contributed by atoms with van der Waals surface area (Å²) in [4.78, 5) is 11.7. The molecule has 0 aliphatic heterocycles. The van der Waals surface area contributed by atoms with Gasteiger partial charge in [0.1, 0.15) is 5.78 Å². The average molecular weight is 170 g/mol. The zero-order valence-corrected chi connectivity index (χ0v) is 9.27. The van der Waals surface area contributed by atoms with Gasteiger partial charge in [-0.3, -0.25) is 4.79 Å². The van der Waals surface area contributed by atoms with Gasteiger partial charge in [-0.1, -0.05) is 41.5 Å². The average Bonchev–Trinajstić information content (AvgIpc) is 1.82. The number of ketones is 1. The van der Waals surface area contributed by atoms with Gasteiger partial charge in [0, 0.05) is 11.3 Å². The summed E-state index contributed by atoms with van der Waals surface area (Å²) in [6.45, 7) is 12.3. The summed E-state index contributed by atoms with van der Waals surface area (Å²) in [7, 11) is 0. The van der Waals surface area contributed by atoms with Crippen LogP contribution >= 0.6 is 0 Å². The molecule has 0 N–H and O–H groups in total. The van der Waals surface area contributed by atoms with Gasteiger partial charge in [0.15, 0.2) is 0 Å². The first-order valence-corrected chi connectivity index (χ1v) is 4.79. The van der Waals surface area contributed by atoms with Crippen molar-refractivity contribution < 1.29 is 4.79 Å². The minimum absolute atomic E-state index is 0.172. The first kappa shape index (κ1) is 11.7. The fourth-order valence-electron chi connectivity index (χ4n) is 1.55. The highest BCUT2D eigenvalue weighted by molar-refractivity contribution is 5.85. The number of carbonyl (C=O) groups excluding carboxylic acids is 1. The van der Waals surface area contributed by atoms with Crippen LogP contribution in [0.2, 0.25) is 0 Å². The molecule has 0 rings (SSSR count). The number of Topliss-reactive ketones (excluding diaryl/α,β-unsaturated/α-hetero) is 1. The molecule has 0 fully saturated rings.